The summed E-state index contributed by atoms with van der Waals surface area (Å²) in [5.74, 6) is 2.00. The zero-order chi connectivity index (χ0) is 14.1. The third-order valence-corrected chi connectivity index (χ3v) is 5.10. The average Bonchev–Trinajstić information content (AvgIpc) is 3.34. The first-order chi connectivity index (χ1) is 10.4. The molecule has 4 rings (SSSR count). The van der Waals surface area contributed by atoms with Crippen molar-refractivity contribution in [2.45, 2.75) is 57.7 Å². The van der Waals surface area contributed by atoms with Crippen molar-refractivity contribution in [1.82, 2.24) is 10.2 Å². The van der Waals surface area contributed by atoms with Crippen LogP contribution in [0.15, 0.2) is 24.3 Å². The highest BCUT2D eigenvalue weighted by molar-refractivity contribution is 5.27. The van der Waals surface area contributed by atoms with Crippen LogP contribution in [0, 0.1) is 11.8 Å². The Labute approximate surface area is 128 Å². The fourth-order valence-corrected chi connectivity index (χ4v) is 3.20. The quantitative estimate of drug-likeness (QED) is 0.746. The lowest BCUT2D eigenvalue weighted by Crippen LogP contribution is -2.28. The zero-order valence-corrected chi connectivity index (χ0v) is 13.1. The van der Waals surface area contributed by atoms with Crippen molar-refractivity contribution in [3.05, 3.63) is 35.4 Å². The van der Waals surface area contributed by atoms with Gasteiger partial charge in [-0.25, -0.2) is 0 Å². The summed E-state index contributed by atoms with van der Waals surface area (Å²) in [7, 11) is 0. The fraction of sp³-hybridized carbons (Fsp3) is 0.684. The van der Waals surface area contributed by atoms with E-state index < -0.39 is 0 Å². The lowest BCUT2D eigenvalue weighted by Gasteiger charge is -2.23. The first-order valence-corrected chi connectivity index (χ1v) is 8.89. The van der Waals surface area contributed by atoms with Crippen LogP contribution in [-0.4, -0.2) is 24.0 Å². The minimum absolute atomic E-state index is 0.798. The summed E-state index contributed by atoms with van der Waals surface area (Å²) in [4.78, 5) is 2.74. The maximum atomic E-state index is 3.67. The average molecular weight is 284 g/mol. The standard InChI is InChI=1S/C19H28N2/c1-2-4-18(17(3-1)11-20-19-9-10-19)14-21(12-15-5-6-15)13-16-7-8-16/h1-4,15-16,19-20H,5-14H2. The smallest absolute Gasteiger partial charge is 0.0237 e. The van der Waals surface area contributed by atoms with Gasteiger partial charge in [-0.3, -0.25) is 4.90 Å². The molecule has 114 valence electrons. The summed E-state index contributed by atoms with van der Waals surface area (Å²) in [6, 6.07) is 9.86. The van der Waals surface area contributed by atoms with Crippen molar-refractivity contribution in [2.24, 2.45) is 11.8 Å². The summed E-state index contributed by atoms with van der Waals surface area (Å²) in [5.41, 5.74) is 3.06. The van der Waals surface area contributed by atoms with Crippen LogP contribution in [-0.2, 0) is 13.1 Å². The topological polar surface area (TPSA) is 15.3 Å². The SMILES string of the molecule is c1ccc(CN(CC2CC2)CC2CC2)c(CNC2CC2)c1. The van der Waals surface area contributed by atoms with E-state index in [0.29, 0.717) is 0 Å². The molecule has 0 amide bonds. The minimum atomic E-state index is 0.798. The molecular weight excluding hydrogens is 256 g/mol. The Hall–Kier alpha value is -0.860. The first-order valence-electron chi connectivity index (χ1n) is 8.89. The van der Waals surface area contributed by atoms with Crippen molar-refractivity contribution in [3.63, 3.8) is 0 Å². The van der Waals surface area contributed by atoms with Crippen molar-refractivity contribution in [3.8, 4) is 0 Å². The van der Waals surface area contributed by atoms with Gasteiger partial charge in [0, 0.05) is 32.2 Å². The lowest BCUT2D eigenvalue weighted by atomic mass is 10.1. The summed E-state index contributed by atoms with van der Waals surface area (Å²) < 4.78 is 0. The highest BCUT2D eigenvalue weighted by Gasteiger charge is 2.29. The van der Waals surface area contributed by atoms with Gasteiger partial charge in [-0.2, -0.15) is 0 Å². The number of nitrogens with one attached hydrogen (secondary N) is 1. The van der Waals surface area contributed by atoms with E-state index in [1.165, 1.54) is 57.2 Å². The van der Waals surface area contributed by atoms with Crippen molar-refractivity contribution in [2.75, 3.05) is 13.1 Å². The molecule has 21 heavy (non-hydrogen) atoms. The minimum Gasteiger partial charge on any atom is -0.310 e. The predicted molar refractivity (Wildman–Crippen MR) is 87.0 cm³/mol. The van der Waals surface area contributed by atoms with E-state index in [-0.39, 0.29) is 0 Å². The molecule has 0 saturated heterocycles. The fourth-order valence-electron chi connectivity index (χ4n) is 3.20. The van der Waals surface area contributed by atoms with E-state index in [1.54, 1.807) is 5.56 Å². The van der Waals surface area contributed by atoms with Gasteiger partial charge in [0.15, 0.2) is 0 Å². The summed E-state index contributed by atoms with van der Waals surface area (Å²) in [6.07, 6.45) is 8.60. The normalized spacial score (nSPS) is 22.0. The maximum absolute atomic E-state index is 3.67. The molecule has 3 aliphatic rings. The Morgan fingerprint density at radius 3 is 2.05 bits per heavy atom. The molecule has 0 unspecified atom stereocenters. The Bertz CT molecular complexity index is 458. The second-order valence-corrected chi connectivity index (χ2v) is 7.50. The summed E-state index contributed by atoms with van der Waals surface area (Å²) in [5, 5.41) is 3.67. The molecule has 0 aromatic heterocycles. The van der Waals surface area contributed by atoms with Crippen LogP contribution in [0.3, 0.4) is 0 Å². The number of nitrogens with zero attached hydrogens (tertiary/aromatic N) is 1. The second-order valence-electron chi connectivity index (χ2n) is 7.50. The molecule has 2 heteroatoms. The molecule has 0 atom stereocenters. The predicted octanol–water partition coefficient (Wildman–Crippen LogP) is 3.56. The van der Waals surface area contributed by atoms with E-state index in [0.717, 1.165) is 31.0 Å². The van der Waals surface area contributed by atoms with Gasteiger partial charge in [-0.1, -0.05) is 24.3 Å². The van der Waals surface area contributed by atoms with Crippen LogP contribution in [0.2, 0.25) is 0 Å². The van der Waals surface area contributed by atoms with E-state index in [2.05, 4.69) is 34.5 Å². The summed E-state index contributed by atoms with van der Waals surface area (Å²) in [6.45, 7) is 4.89. The van der Waals surface area contributed by atoms with E-state index in [4.69, 9.17) is 0 Å². The summed E-state index contributed by atoms with van der Waals surface area (Å²) >= 11 is 0. The highest BCUT2D eigenvalue weighted by atomic mass is 15.1. The molecule has 3 aliphatic carbocycles. The van der Waals surface area contributed by atoms with Crippen LogP contribution in [0.5, 0.6) is 0 Å². The Morgan fingerprint density at radius 1 is 0.857 bits per heavy atom. The molecule has 1 aromatic carbocycles. The van der Waals surface area contributed by atoms with Gasteiger partial charge < -0.3 is 5.32 Å². The Morgan fingerprint density at radius 2 is 1.48 bits per heavy atom. The largest absolute Gasteiger partial charge is 0.310 e. The number of rotatable bonds is 9. The first kappa shape index (κ1) is 13.8. The molecule has 0 aliphatic heterocycles. The van der Waals surface area contributed by atoms with Crippen LogP contribution in [0.25, 0.3) is 0 Å². The van der Waals surface area contributed by atoms with Gasteiger partial charge in [0.25, 0.3) is 0 Å². The molecule has 3 fully saturated rings. The van der Waals surface area contributed by atoms with Gasteiger partial charge in [-0.05, 0) is 61.5 Å². The number of benzene rings is 1. The lowest BCUT2D eigenvalue weighted by molar-refractivity contribution is 0.243. The van der Waals surface area contributed by atoms with Crippen LogP contribution in [0.1, 0.15) is 49.7 Å². The van der Waals surface area contributed by atoms with Crippen LogP contribution in [0.4, 0.5) is 0 Å². The second kappa shape index (κ2) is 6.10. The van der Waals surface area contributed by atoms with E-state index >= 15 is 0 Å². The van der Waals surface area contributed by atoms with Crippen molar-refractivity contribution >= 4 is 0 Å². The molecule has 3 saturated carbocycles. The Kier molecular flexibility index (Phi) is 4.00. The molecule has 1 aromatic rings. The molecule has 0 spiro atoms. The van der Waals surface area contributed by atoms with Crippen molar-refractivity contribution < 1.29 is 0 Å². The van der Waals surface area contributed by atoms with Crippen LogP contribution >= 0.6 is 0 Å². The van der Waals surface area contributed by atoms with Crippen molar-refractivity contribution in [1.29, 1.82) is 0 Å². The maximum Gasteiger partial charge on any atom is 0.0237 e. The molecule has 0 bridgehead atoms. The zero-order valence-electron chi connectivity index (χ0n) is 13.1. The molecule has 0 heterocycles. The van der Waals surface area contributed by atoms with Crippen LogP contribution < -0.4 is 5.32 Å². The molecule has 0 radical (unpaired) electrons. The highest BCUT2D eigenvalue weighted by Crippen LogP contribution is 2.34. The third-order valence-electron chi connectivity index (χ3n) is 5.10. The van der Waals surface area contributed by atoms with Gasteiger partial charge in [0.2, 0.25) is 0 Å². The van der Waals surface area contributed by atoms with Gasteiger partial charge in [0.1, 0.15) is 0 Å². The molecular formula is C19H28N2. The molecule has 2 nitrogen and oxygen atoms in total. The monoisotopic (exact) mass is 284 g/mol. The third kappa shape index (κ3) is 4.31. The Balaban J connectivity index is 1.39. The van der Waals surface area contributed by atoms with Gasteiger partial charge in [0.05, 0.1) is 0 Å². The van der Waals surface area contributed by atoms with Gasteiger partial charge in [-0.15, -0.1) is 0 Å². The van der Waals surface area contributed by atoms with E-state index in [9.17, 15) is 0 Å². The van der Waals surface area contributed by atoms with E-state index in [1.807, 2.05) is 0 Å². The molecule has 1 N–H and O–H groups in total. The number of hydrogen-bond acceptors (Lipinski definition) is 2. The number of hydrogen-bond donors (Lipinski definition) is 1. The van der Waals surface area contributed by atoms with Gasteiger partial charge >= 0.3 is 0 Å².